The van der Waals surface area contributed by atoms with Gasteiger partial charge in [-0.15, -0.1) is 0 Å². The first-order chi connectivity index (χ1) is 11.5. The molecule has 0 amide bonds. The third-order valence-corrected chi connectivity index (χ3v) is 4.58. The van der Waals surface area contributed by atoms with Crippen molar-refractivity contribution in [2.75, 3.05) is 20.7 Å². The lowest BCUT2D eigenvalue weighted by Gasteiger charge is -2.18. The van der Waals surface area contributed by atoms with Crippen molar-refractivity contribution < 1.29 is 24.6 Å². The van der Waals surface area contributed by atoms with Crippen LogP contribution in [0.4, 0.5) is 0 Å². The van der Waals surface area contributed by atoms with Crippen LogP contribution in [0.3, 0.4) is 0 Å². The number of fused-ring (bicyclic) bond motifs is 1. The number of likely N-dealkylation sites (N-methyl/N-ethyl adjacent to an activating group) is 1. The van der Waals surface area contributed by atoms with E-state index in [0.717, 1.165) is 35.4 Å². The van der Waals surface area contributed by atoms with Gasteiger partial charge in [0.25, 0.3) is 0 Å². The molecule has 1 aliphatic rings. The van der Waals surface area contributed by atoms with E-state index in [4.69, 9.17) is 9.84 Å². The molecule has 2 aromatic carbocycles. The number of phenolic OH excluding ortho intramolecular Hbond substituents is 1. The van der Waals surface area contributed by atoms with Crippen LogP contribution < -0.4 is 4.74 Å². The summed E-state index contributed by atoms with van der Waals surface area (Å²) in [7, 11) is 3.58. The highest BCUT2D eigenvalue weighted by atomic mass is 16.5. The highest BCUT2D eigenvalue weighted by Crippen LogP contribution is 2.32. The molecule has 0 atom stereocenters. The van der Waals surface area contributed by atoms with Crippen molar-refractivity contribution >= 4 is 5.71 Å². The van der Waals surface area contributed by atoms with Gasteiger partial charge >= 0.3 is 0 Å². The topological polar surface area (TPSA) is 72.9 Å². The summed E-state index contributed by atoms with van der Waals surface area (Å²) in [5.41, 5.74) is 4.71. The van der Waals surface area contributed by atoms with Gasteiger partial charge in [0.05, 0.1) is 20.1 Å². The molecular formula is C19H22NO4+. The van der Waals surface area contributed by atoms with Crippen LogP contribution in [-0.2, 0) is 19.4 Å². The summed E-state index contributed by atoms with van der Waals surface area (Å²) >= 11 is 0. The van der Waals surface area contributed by atoms with Gasteiger partial charge in [0.1, 0.15) is 19.3 Å². The number of nitrogens with zero attached hydrogens (tertiary/aromatic N) is 1. The van der Waals surface area contributed by atoms with E-state index >= 15 is 0 Å². The van der Waals surface area contributed by atoms with E-state index in [9.17, 15) is 10.2 Å². The zero-order valence-corrected chi connectivity index (χ0v) is 13.9. The molecule has 0 unspecified atom stereocenters. The molecule has 3 rings (SSSR count). The monoisotopic (exact) mass is 328 g/mol. The minimum absolute atomic E-state index is 0.104. The summed E-state index contributed by atoms with van der Waals surface area (Å²) in [5.74, 6) is 0.719. The van der Waals surface area contributed by atoms with Crippen molar-refractivity contribution in [3.63, 3.8) is 0 Å². The minimum Gasteiger partial charge on any atom is -0.508 e. The van der Waals surface area contributed by atoms with E-state index in [1.807, 2.05) is 19.2 Å². The molecule has 0 saturated heterocycles. The number of aliphatic hydroxyl groups excluding tert-OH is 1. The summed E-state index contributed by atoms with van der Waals surface area (Å²) in [6.45, 7) is 0.704. The van der Waals surface area contributed by atoms with Crippen molar-refractivity contribution in [1.29, 1.82) is 0 Å². The molecule has 126 valence electrons. The van der Waals surface area contributed by atoms with E-state index in [1.165, 1.54) is 0 Å². The van der Waals surface area contributed by atoms with E-state index in [2.05, 4.69) is 4.58 Å². The van der Waals surface area contributed by atoms with E-state index < -0.39 is 0 Å². The minimum atomic E-state index is -0.181. The highest BCUT2D eigenvalue weighted by molar-refractivity contribution is 6.00. The first-order valence-electron chi connectivity index (χ1n) is 7.92. The second-order valence-electron chi connectivity index (χ2n) is 6.10. The molecule has 3 N–H and O–H groups in total. The maximum atomic E-state index is 10.1. The summed E-state index contributed by atoms with van der Waals surface area (Å²) in [4.78, 5) is 0. The number of hydrogen-bond donors (Lipinski definition) is 3. The van der Waals surface area contributed by atoms with Crippen molar-refractivity contribution in [2.45, 2.75) is 19.4 Å². The average Bonchev–Trinajstić information content (AvgIpc) is 2.57. The van der Waals surface area contributed by atoms with Crippen LogP contribution in [0.2, 0.25) is 0 Å². The molecule has 2 aromatic rings. The number of rotatable bonds is 4. The Morgan fingerprint density at radius 2 is 1.92 bits per heavy atom. The lowest BCUT2D eigenvalue weighted by molar-refractivity contribution is -0.498. The van der Waals surface area contributed by atoms with Crippen LogP contribution in [0.5, 0.6) is 17.2 Å². The molecule has 0 radical (unpaired) electrons. The first-order valence-corrected chi connectivity index (χ1v) is 7.92. The van der Waals surface area contributed by atoms with E-state index in [-0.39, 0.29) is 18.1 Å². The number of aromatic hydroxyl groups is 2. The second-order valence-corrected chi connectivity index (χ2v) is 6.10. The smallest absolute Gasteiger partial charge is 0.187 e. The predicted octanol–water partition coefficient (Wildman–Crippen LogP) is 1.83. The Hall–Kier alpha value is -2.53. The summed E-state index contributed by atoms with van der Waals surface area (Å²) in [5, 5.41) is 29.2. The van der Waals surface area contributed by atoms with Gasteiger partial charge in [-0.25, -0.2) is 4.58 Å². The molecule has 0 aliphatic carbocycles. The average molecular weight is 328 g/mol. The summed E-state index contributed by atoms with van der Waals surface area (Å²) < 4.78 is 7.37. The second kappa shape index (κ2) is 6.53. The van der Waals surface area contributed by atoms with Gasteiger partial charge in [-0.05, 0) is 29.3 Å². The molecular weight excluding hydrogens is 306 g/mol. The normalized spacial score (nSPS) is 13.8. The van der Waals surface area contributed by atoms with Gasteiger partial charge in [-0.1, -0.05) is 12.1 Å². The summed E-state index contributed by atoms with van der Waals surface area (Å²) in [6.07, 6.45) is 1.52. The maximum absolute atomic E-state index is 10.1. The Balaban J connectivity index is 1.99. The Morgan fingerprint density at radius 3 is 2.58 bits per heavy atom. The number of benzene rings is 2. The maximum Gasteiger partial charge on any atom is 0.187 e. The van der Waals surface area contributed by atoms with Crippen LogP contribution >= 0.6 is 0 Å². The molecule has 0 bridgehead atoms. The molecule has 0 saturated carbocycles. The number of aliphatic hydroxyl groups is 1. The SMILES string of the molecule is COc1cc2c(cc1O)C(Cc1ccc(CO)c(O)c1)=[N+](C)CC2. The quantitative estimate of drug-likeness (QED) is 0.749. The first kappa shape index (κ1) is 16.3. The van der Waals surface area contributed by atoms with Crippen LogP contribution in [0.15, 0.2) is 30.3 Å². The predicted molar refractivity (Wildman–Crippen MR) is 91.3 cm³/mol. The molecule has 0 spiro atoms. The van der Waals surface area contributed by atoms with Crippen LogP contribution in [-0.4, -0.2) is 46.3 Å². The van der Waals surface area contributed by atoms with Gasteiger partial charge in [0.2, 0.25) is 0 Å². The van der Waals surface area contributed by atoms with Crippen LogP contribution in [0.1, 0.15) is 22.3 Å². The van der Waals surface area contributed by atoms with Gasteiger partial charge in [0, 0.05) is 17.5 Å². The molecule has 0 fully saturated rings. The lowest BCUT2D eigenvalue weighted by Crippen LogP contribution is -2.29. The van der Waals surface area contributed by atoms with Gasteiger partial charge in [-0.2, -0.15) is 0 Å². The summed E-state index contributed by atoms with van der Waals surface area (Å²) in [6, 6.07) is 8.97. The highest BCUT2D eigenvalue weighted by Gasteiger charge is 2.25. The number of methoxy groups -OCH3 is 1. The molecule has 0 aromatic heterocycles. The Labute approximate surface area is 141 Å². The van der Waals surface area contributed by atoms with Crippen molar-refractivity contribution in [2.24, 2.45) is 0 Å². The number of hydrogen-bond acceptors (Lipinski definition) is 4. The largest absolute Gasteiger partial charge is 0.508 e. The van der Waals surface area contributed by atoms with Gasteiger partial charge in [0.15, 0.2) is 17.2 Å². The van der Waals surface area contributed by atoms with Crippen LogP contribution in [0, 0.1) is 0 Å². The fourth-order valence-corrected chi connectivity index (χ4v) is 3.15. The Morgan fingerprint density at radius 1 is 1.12 bits per heavy atom. The van der Waals surface area contributed by atoms with E-state index in [1.54, 1.807) is 25.3 Å². The van der Waals surface area contributed by atoms with Crippen molar-refractivity contribution in [3.05, 3.63) is 52.6 Å². The standard InChI is InChI=1S/C19H21NO4/c1-20-6-5-13-9-19(24-2)18(23)10-15(13)16(20)7-12-3-4-14(11-21)17(22)8-12/h3-4,8-10,21H,5-7,11H2,1-2H3,(H-,22,23)/p+1. The lowest BCUT2D eigenvalue weighted by atomic mass is 9.92. The molecule has 1 heterocycles. The van der Waals surface area contributed by atoms with Crippen LogP contribution in [0.25, 0.3) is 0 Å². The number of phenols is 2. The molecule has 5 nitrogen and oxygen atoms in total. The zero-order chi connectivity index (χ0) is 17.3. The fourth-order valence-electron chi connectivity index (χ4n) is 3.15. The van der Waals surface area contributed by atoms with Gasteiger partial charge < -0.3 is 20.1 Å². The fraction of sp³-hybridized carbons (Fsp3) is 0.316. The van der Waals surface area contributed by atoms with Gasteiger partial charge in [-0.3, -0.25) is 0 Å². The third kappa shape index (κ3) is 2.95. The Kier molecular flexibility index (Phi) is 4.44. The van der Waals surface area contributed by atoms with E-state index in [0.29, 0.717) is 17.7 Å². The van der Waals surface area contributed by atoms with Crippen molar-refractivity contribution in [3.8, 4) is 17.2 Å². The molecule has 1 aliphatic heterocycles. The molecule has 24 heavy (non-hydrogen) atoms. The number of ether oxygens (including phenoxy) is 1. The zero-order valence-electron chi connectivity index (χ0n) is 13.9. The molecule has 5 heteroatoms. The van der Waals surface area contributed by atoms with Crippen molar-refractivity contribution in [1.82, 2.24) is 0 Å². The third-order valence-electron chi connectivity index (χ3n) is 4.58. The Bertz CT molecular complexity index is 811.